The first-order chi connectivity index (χ1) is 15.4. The molecule has 1 fully saturated rings. The van der Waals surface area contributed by atoms with Crippen LogP contribution in [0.4, 0.5) is 0 Å². The van der Waals surface area contributed by atoms with E-state index in [-0.39, 0.29) is 21.5 Å². The second kappa shape index (κ2) is 9.60. The Morgan fingerprint density at radius 1 is 1.09 bits per heavy atom. The second-order valence-electron chi connectivity index (χ2n) is 8.04. The van der Waals surface area contributed by atoms with Gasteiger partial charge in [-0.15, -0.1) is 0 Å². The van der Waals surface area contributed by atoms with E-state index in [1.807, 2.05) is 18.2 Å². The molecule has 9 heteroatoms. The topological polar surface area (TPSA) is 92.8 Å². The Morgan fingerprint density at radius 3 is 2.62 bits per heavy atom. The van der Waals surface area contributed by atoms with Crippen molar-refractivity contribution >= 4 is 33.5 Å². The lowest BCUT2D eigenvalue weighted by atomic mass is 9.88. The Morgan fingerprint density at radius 2 is 1.84 bits per heavy atom. The summed E-state index contributed by atoms with van der Waals surface area (Å²) in [4.78, 5) is 24.8. The molecule has 1 heterocycles. The molecular weight excluding hydrogens is 452 g/mol. The van der Waals surface area contributed by atoms with Crippen LogP contribution in [0, 0.1) is 0 Å². The van der Waals surface area contributed by atoms with Crippen LogP contribution in [0.25, 0.3) is 0 Å². The van der Waals surface area contributed by atoms with Crippen molar-refractivity contribution in [3.05, 3.63) is 64.2 Å². The zero-order chi connectivity index (χ0) is 22.7. The SMILES string of the molecule is O=C(COC(=O)c1ccc(Cl)c(S(=O)(=O)N2CCCC2)c1)NC1CCCc2ccccc21. The normalized spacial score (nSPS) is 18.7. The minimum absolute atomic E-state index is 0.0305. The van der Waals surface area contributed by atoms with Crippen molar-refractivity contribution in [2.24, 2.45) is 0 Å². The van der Waals surface area contributed by atoms with Gasteiger partial charge in [0.15, 0.2) is 6.61 Å². The molecule has 1 unspecified atom stereocenters. The van der Waals surface area contributed by atoms with Crippen LogP contribution in [0.5, 0.6) is 0 Å². The molecule has 4 rings (SSSR count). The number of aryl methyl sites for hydroxylation is 1. The Balaban J connectivity index is 1.40. The van der Waals surface area contributed by atoms with E-state index in [0.29, 0.717) is 13.1 Å². The summed E-state index contributed by atoms with van der Waals surface area (Å²) >= 11 is 6.12. The number of fused-ring (bicyclic) bond motifs is 1. The van der Waals surface area contributed by atoms with E-state index in [2.05, 4.69) is 11.4 Å². The summed E-state index contributed by atoms with van der Waals surface area (Å²) in [5, 5.41) is 2.97. The zero-order valence-corrected chi connectivity index (χ0v) is 19.1. The van der Waals surface area contributed by atoms with Gasteiger partial charge in [0, 0.05) is 13.1 Å². The molecule has 32 heavy (non-hydrogen) atoms. The van der Waals surface area contributed by atoms with Crippen LogP contribution in [0.2, 0.25) is 5.02 Å². The fourth-order valence-corrected chi connectivity index (χ4v) is 6.27. The molecule has 0 aromatic heterocycles. The van der Waals surface area contributed by atoms with Gasteiger partial charge in [0.05, 0.1) is 16.6 Å². The highest BCUT2D eigenvalue weighted by atomic mass is 35.5. The number of sulfonamides is 1. The molecule has 2 aromatic carbocycles. The van der Waals surface area contributed by atoms with E-state index in [9.17, 15) is 18.0 Å². The molecule has 0 radical (unpaired) electrons. The summed E-state index contributed by atoms with van der Waals surface area (Å²) in [5.41, 5.74) is 2.34. The maximum absolute atomic E-state index is 12.8. The number of nitrogens with one attached hydrogen (secondary N) is 1. The third kappa shape index (κ3) is 4.82. The molecule has 1 aliphatic carbocycles. The molecule has 1 amide bonds. The van der Waals surface area contributed by atoms with Crippen molar-refractivity contribution in [2.75, 3.05) is 19.7 Å². The van der Waals surface area contributed by atoms with Gasteiger partial charge in [-0.1, -0.05) is 35.9 Å². The van der Waals surface area contributed by atoms with Crippen molar-refractivity contribution in [3.63, 3.8) is 0 Å². The molecule has 1 aliphatic heterocycles. The van der Waals surface area contributed by atoms with Crippen molar-refractivity contribution < 1.29 is 22.7 Å². The number of amides is 1. The Bertz CT molecular complexity index is 1130. The van der Waals surface area contributed by atoms with Gasteiger partial charge < -0.3 is 10.1 Å². The molecular formula is C23H25ClN2O5S. The number of hydrogen-bond donors (Lipinski definition) is 1. The molecule has 1 N–H and O–H groups in total. The van der Waals surface area contributed by atoms with Gasteiger partial charge in [0.1, 0.15) is 4.90 Å². The predicted molar refractivity (Wildman–Crippen MR) is 120 cm³/mol. The van der Waals surface area contributed by atoms with Crippen LogP contribution in [0.15, 0.2) is 47.4 Å². The summed E-state index contributed by atoms with van der Waals surface area (Å²) in [5.74, 6) is -1.18. The second-order valence-corrected chi connectivity index (χ2v) is 10.4. The van der Waals surface area contributed by atoms with Gasteiger partial charge in [0.25, 0.3) is 5.91 Å². The van der Waals surface area contributed by atoms with E-state index >= 15 is 0 Å². The average molecular weight is 477 g/mol. The first-order valence-corrected chi connectivity index (χ1v) is 12.5. The largest absolute Gasteiger partial charge is 0.452 e. The van der Waals surface area contributed by atoms with E-state index in [0.717, 1.165) is 37.7 Å². The third-order valence-electron chi connectivity index (χ3n) is 5.89. The first-order valence-electron chi connectivity index (χ1n) is 10.7. The zero-order valence-electron chi connectivity index (χ0n) is 17.6. The van der Waals surface area contributed by atoms with Gasteiger partial charge in [-0.3, -0.25) is 4.79 Å². The molecule has 2 aliphatic rings. The van der Waals surface area contributed by atoms with Crippen LogP contribution >= 0.6 is 11.6 Å². The monoisotopic (exact) mass is 476 g/mol. The van der Waals surface area contributed by atoms with E-state index in [4.69, 9.17) is 16.3 Å². The number of carbonyl (C=O) groups is 2. The number of hydrogen-bond acceptors (Lipinski definition) is 5. The van der Waals surface area contributed by atoms with Gasteiger partial charge in [-0.05, 0) is 61.4 Å². The molecule has 2 aromatic rings. The van der Waals surface area contributed by atoms with Gasteiger partial charge in [0.2, 0.25) is 10.0 Å². The summed E-state index contributed by atoms with van der Waals surface area (Å²) in [6.45, 7) is 0.407. The lowest BCUT2D eigenvalue weighted by Crippen LogP contribution is -2.34. The maximum atomic E-state index is 12.8. The quantitative estimate of drug-likeness (QED) is 0.644. The summed E-state index contributed by atoms with van der Waals surface area (Å²) in [7, 11) is -3.79. The first kappa shape index (κ1) is 22.8. The molecule has 1 saturated heterocycles. The predicted octanol–water partition coefficient (Wildman–Crippen LogP) is 3.48. The number of carbonyl (C=O) groups excluding carboxylic acids is 2. The third-order valence-corrected chi connectivity index (χ3v) is 8.27. The number of esters is 1. The van der Waals surface area contributed by atoms with Crippen LogP contribution < -0.4 is 5.32 Å². The Hall–Kier alpha value is -2.42. The van der Waals surface area contributed by atoms with E-state index in [1.165, 1.54) is 28.1 Å². The molecule has 7 nitrogen and oxygen atoms in total. The lowest BCUT2D eigenvalue weighted by molar-refractivity contribution is -0.125. The number of halogens is 1. The fourth-order valence-electron chi connectivity index (χ4n) is 4.25. The minimum Gasteiger partial charge on any atom is -0.452 e. The molecule has 0 spiro atoms. The Labute approximate surface area is 192 Å². The maximum Gasteiger partial charge on any atom is 0.338 e. The molecule has 170 valence electrons. The minimum atomic E-state index is -3.79. The van der Waals surface area contributed by atoms with Crippen LogP contribution in [0.1, 0.15) is 53.2 Å². The van der Waals surface area contributed by atoms with Gasteiger partial charge in [-0.2, -0.15) is 4.31 Å². The fraction of sp³-hybridized carbons (Fsp3) is 0.391. The van der Waals surface area contributed by atoms with Gasteiger partial charge >= 0.3 is 5.97 Å². The standard InChI is InChI=1S/C23H25ClN2O5S/c24-19-11-10-17(14-21(19)32(29,30)26-12-3-4-13-26)23(28)31-15-22(27)25-20-9-5-7-16-6-1-2-8-18(16)20/h1-2,6,8,10-11,14,20H,3-5,7,9,12-13,15H2,(H,25,27). The smallest absolute Gasteiger partial charge is 0.338 e. The number of nitrogens with zero attached hydrogens (tertiary/aromatic N) is 1. The number of rotatable bonds is 6. The van der Waals surface area contributed by atoms with Crippen molar-refractivity contribution in [3.8, 4) is 0 Å². The van der Waals surface area contributed by atoms with Crippen molar-refractivity contribution in [1.29, 1.82) is 0 Å². The molecule has 0 bridgehead atoms. The van der Waals surface area contributed by atoms with Crippen molar-refractivity contribution in [2.45, 2.75) is 43.0 Å². The summed E-state index contributed by atoms with van der Waals surface area (Å²) < 4.78 is 32.2. The highest BCUT2D eigenvalue weighted by Crippen LogP contribution is 2.30. The summed E-state index contributed by atoms with van der Waals surface area (Å²) in [6.07, 6.45) is 4.36. The van der Waals surface area contributed by atoms with Gasteiger partial charge in [-0.25, -0.2) is 13.2 Å². The van der Waals surface area contributed by atoms with Crippen LogP contribution in [-0.2, 0) is 26.0 Å². The van der Waals surface area contributed by atoms with Crippen molar-refractivity contribution in [1.82, 2.24) is 9.62 Å². The molecule has 1 atom stereocenters. The summed E-state index contributed by atoms with van der Waals surface area (Å²) in [6, 6.07) is 11.8. The molecule has 0 saturated carbocycles. The number of ether oxygens (including phenoxy) is 1. The Kier molecular flexibility index (Phi) is 6.83. The van der Waals surface area contributed by atoms with Crippen LogP contribution in [0.3, 0.4) is 0 Å². The van der Waals surface area contributed by atoms with E-state index in [1.54, 1.807) is 0 Å². The lowest BCUT2D eigenvalue weighted by Gasteiger charge is -2.26. The highest BCUT2D eigenvalue weighted by Gasteiger charge is 2.30. The van der Waals surface area contributed by atoms with Crippen LogP contribution in [-0.4, -0.2) is 44.3 Å². The van der Waals surface area contributed by atoms with E-state index < -0.39 is 28.5 Å². The average Bonchev–Trinajstić information content (AvgIpc) is 3.34. The number of benzene rings is 2. The highest BCUT2D eigenvalue weighted by molar-refractivity contribution is 7.89.